The second-order valence-corrected chi connectivity index (χ2v) is 4.36. The molecule has 2 N–H and O–H groups in total. The number of pyridine rings is 1. The van der Waals surface area contributed by atoms with Crippen LogP contribution in [0.3, 0.4) is 0 Å². The maximum atomic E-state index is 5.57. The first-order valence-corrected chi connectivity index (χ1v) is 5.37. The van der Waals surface area contributed by atoms with Crippen LogP contribution in [-0.2, 0) is 16.1 Å². The van der Waals surface area contributed by atoms with Crippen LogP contribution in [0.15, 0.2) is 18.3 Å². The Labute approximate surface area is 96.8 Å². The second-order valence-electron chi connectivity index (χ2n) is 4.36. The van der Waals surface area contributed by atoms with Crippen molar-refractivity contribution in [1.29, 1.82) is 0 Å². The summed E-state index contributed by atoms with van der Waals surface area (Å²) in [5.74, 6) is 0.526. The van der Waals surface area contributed by atoms with Crippen LogP contribution in [0.1, 0.15) is 25.8 Å². The number of rotatable bonds is 6. The molecule has 0 saturated carbocycles. The maximum absolute atomic E-state index is 5.57. The van der Waals surface area contributed by atoms with E-state index in [1.54, 1.807) is 13.3 Å². The molecule has 1 aromatic heterocycles. The van der Waals surface area contributed by atoms with E-state index >= 15 is 0 Å². The van der Waals surface area contributed by atoms with E-state index in [1.165, 1.54) is 0 Å². The molecular formula is C12H20N2O2. The van der Waals surface area contributed by atoms with Gasteiger partial charge in [-0.25, -0.2) is 4.98 Å². The lowest BCUT2D eigenvalue weighted by molar-refractivity contribution is -0.0124. The Balaban J connectivity index is 2.26. The van der Waals surface area contributed by atoms with Gasteiger partial charge in [0.2, 0.25) is 0 Å². The first kappa shape index (κ1) is 12.9. The van der Waals surface area contributed by atoms with Gasteiger partial charge in [-0.3, -0.25) is 0 Å². The highest BCUT2D eigenvalue weighted by Crippen LogP contribution is 2.13. The normalized spacial score (nSPS) is 11.7. The maximum Gasteiger partial charge on any atom is 0.123 e. The summed E-state index contributed by atoms with van der Waals surface area (Å²) in [5.41, 5.74) is 6.48. The predicted octanol–water partition coefficient (Wildman–Crippen LogP) is 2.00. The van der Waals surface area contributed by atoms with Gasteiger partial charge in [-0.15, -0.1) is 0 Å². The van der Waals surface area contributed by atoms with Gasteiger partial charge in [-0.2, -0.15) is 0 Å². The average Bonchev–Trinajstić information content (AvgIpc) is 2.25. The summed E-state index contributed by atoms with van der Waals surface area (Å²) < 4.78 is 10.8. The van der Waals surface area contributed by atoms with Crippen LogP contribution in [0, 0.1) is 0 Å². The molecule has 4 heteroatoms. The molecule has 0 fully saturated rings. The fourth-order valence-corrected chi connectivity index (χ4v) is 1.19. The van der Waals surface area contributed by atoms with Crippen LogP contribution in [-0.4, -0.2) is 24.3 Å². The second kappa shape index (κ2) is 5.82. The van der Waals surface area contributed by atoms with Crippen LogP contribution in [0.25, 0.3) is 0 Å². The standard InChI is InChI=1S/C12H20N2O2/c1-12(2,15-3)5-7-16-9-10-4-6-14-11(13)8-10/h4,6,8H,5,7,9H2,1-3H3,(H2,13,14). The molecule has 0 atom stereocenters. The molecule has 0 aromatic carbocycles. The van der Waals surface area contributed by atoms with E-state index in [-0.39, 0.29) is 5.60 Å². The van der Waals surface area contributed by atoms with Gasteiger partial charge >= 0.3 is 0 Å². The summed E-state index contributed by atoms with van der Waals surface area (Å²) in [7, 11) is 1.71. The molecule has 0 radical (unpaired) electrons. The number of hydrogen-bond donors (Lipinski definition) is 1. The molecular weight excluding hydrogens is 204 g/mol. The molecule has 16 heavy (non-hydrogen) atoms. The van der Waals surface area contributed by atoms with Gasteiger partial charge in [0, 0.05) is 19.9 Å². The van der Waals surface area contributed by atoms with Crippen LogP contribution >= 0.6 is 0 Å². The number of hydrogen-bond acceptors (Lipinski definition) is 4. The van der Waals surface area contributed by atoms with Crippen molar-refractivity contribution in [2.75, 3.05) is 19.5 Å². The number of nitrogens with two attached hydrogens (primary N) is 1. The fourth-order valence-electron chi connectivity index (χ4n) is 1.19. The highest BCUT2D eigenvalue weighted by atomic mass is 16.5. The number of nitrogen functional groups attached to an aromatic ring is 1. The van der Waals surface area contributed by atoms with Crippen molar-refractivity contribution in [3.8, 4) is 0 Å². The Bertz CT molecular complexity index is 327. The highest BCUT2D eigenvalue weighted by Gasteiger charge is 2.15. The summed E-state index contributed by atoms with van der Waals surface area (Å²) in [6, 6.07) is 3.72. The molecule has 4 nitrogen and oxygen atoms in total. The van der Waals surface area contributed by atoms with E-state index in [0.29, 0.717) is 19.0 Å². The topological polar surface area (TPSA) is 57.4 Å². The SMILES string of the molecule is COC(C)(C)CCOCc1ccnc(N)c1. The monoisotopic (exact) mass is 224 g/mol. The minimum absolute atomic E-state index is 0.128. The first-order valence-electron chi connectivity index (χ1n) is 5.37. The summed E-state index contributed by atoms with van der Waals surface area (Å²) in [5, 5.41) is 0. The number of anilines is 1. The summed E-state index contributed by atoms with van der Waals surface area (Å²) >= 11 is 0. The molecule has 0 bridgehead atoms. The van der Waals surface area contributed by atoms with Gasteiger partial charge in [0.05, 0.1) is 12.2 Å². The zero-order chi connectivity index (χ0) is 12.0. The van der Waals surface area contributed by atoms with Crippen molar-refractivity contribution in [3.63, 3.8) is 0 Å². The Morgan fingerprint density at radius 3 is 2.81 bits per heavy atom. The quantitative estimate of drug-likeness (QED) is 0.751. The van der Waals surface area contributed by atoms with Crippen LogP contribution in [0.4, 0.5) is 5.82 Å². The van der Waals surface area contributed by atoms with E-state index in [0.717, 1.165) is 12.0 Å². The third kappa shape index (κ3) is 4.59. The fraction of sp³-hybridized carbons (Fsp3) is 0.583. The van der Waals surface area contributed by atoms with Crippen molar-refractivity contribution in [3.05, 3.63) is 23.9 Å². The largest absolute Gasteiger partial charge is 0.384 e. The van der Waals surface area contributed by atoms with Crippen LogP contribution < -0.4 is 5.73 Å². The van der Waals surface area contributed by atoms with E-state index in [2.05, 4.69) is 4.98 Å². The molecule has 0 aliphatic rings. The minimum atomic E-state index is -0.128. The molecule has 0 unspecified atom stereocenters. The van der Waals surface area contributed by atoms with Crippen LogP contribution in [0.2, 0.25) is 0 Å². The van der Waals surface area contributed by atoms with E-state index in [4.69, 9.17) is 15.2 Å². The minimum Gasteiger partial charge on any atom is -0.384 e. The lowest BCUT2D eigenvalue weighted by atomic mass is 10.1. The third-order valence-corrected chi connectivity index (χ3v) is 2.52. The number of nitrogens with zero attached hydrogens (tertiary/aromatic N) is 1. The lowest BCUT2D eigenvalue weighted by Gasteiger charge is -2.22. The van der Waals surface area contributed by atoms with Gasteiger partial charge in [0.25, 0.3) is 0 Å². The van der Waals surface area contributed by atoms with Gasteiger partial charge in [0.15, 0.2) is 0 Å². The van der Waals surface area contributed by atoms with Gasteiger partial charge in [0.1, 0.15) is 5.82 Å². The number of ether oxygens (including phenoxy) is 2. The zero-order valence-corrected chi connectivity index (χ0v) is 10.2. The predicted molar refractivity (Wildman–Crippen MR) is 64.0 cm³/mol. The van der Waals surface area contributed by atoms with Crippen molar-refractivity contribution in [2.24, 2.45) is 0 Å². The molecule has 1 aromatic rings. The third-order valence-electron chi connectivity index (χ3n) is 2.52. The Morgan fingerprint density at radius 2 is 2.19 bits per heavy atom. The van der Waals surface area contributed by atoms with Crippen LogP contribution in [0.5, 0.6) is 0 Å². The van der Waals surface area contributed by atoms with E-state index < -0.39 is 0 Å². The molecule has 0 amide bonds. The summed E-state index contributed by atoms with van der Waals surface area (Å²) in [4.78, 5) is 3.92. The number of aromatic nitrogens is 1. The Kier molecular flexibility index (Phi) is 4.71. The molecule has 0 spiro atoms. The molecule has 1 heterocycles. The first-order chi connectivity index (χ1) is 7.53. The summed E-state index contributed by atoms with van der Waals surface area (Å²) in [6.45, 7) is 5.32. The van der Waals surface area contributed by atoms with Gasteiger partial charge in [-0.1, -0.05) is 0 Å². The molecule has 90 valence electrons. The molecule has 0 saturated heterocycles. The van der Waals surface area contributed by atoms with Crippen molar-refractivity contribution < 1.29 is 9.47 Å². The van der Waals surface area contributed by atoms with Gasteiger partial charge in [-0.05, 0) is 38.0 Å². The molecule has 1 rings (SSSR count). The van der Waals surface area contributed by atoms with Crippen molar-refractivity contribution in [2.45, 2.75) is 32.5 Å². The molecule has 0 aliphatic heterocycles. The highest BCUT2D eigenvalue weighted by molar-refractivity contribution is 5.31. The van der Waals surface area contributed by atoms with Gasteiger partial charge < -0.3 is 15.2 Å². The van der Waals surface area contributed by atoms with E-state index in [1.807, 2.05) is 26.0 Å². The number of methoxy groups -OCH3 is 1. The molecule has 0 aliphatic carbocycles. The average molecular weight is 224 g/mol. The zero-order valence-electron chi connectivity index (χ0n) is 10.2. The Hall–Kier alpha value is -1.13. The van der Waals surface area contributed by atoms with Crippen molar-refractivity contribution in [1.82, 2.24) is 4.98 Å². The Morgan fingerprint density at radius 1 is 1.44 bits per heavy atom. The summed E-state index contributed by atoms with van der Waals surface area (Å²) in [6.07, 6.45) is 2.55. The van der Waals surface area contributed by atoms with Crippen molar-refractivity contribution >= 4 is 5.82 Å². The van der Waals surface area contributed by atoms with E-state index in [9.17, 15) is 0 Å². The smallest absolute Gasteiger partial charge is 0.123 e. The lowest BCUT2D eigenvalue weighted by Crippen LogP contribution is -2.24.